The maximum Gasteiger partial charge on any atom is 0.209 e. The Morgan fingerprint density at radius 1 is 1.08 bits per heavy atom. The lowest BCUT2D eigenvalue weighted by atomic mass is 9.91. The van der Waals surface area contributed by atoms with Gasteiger partial charge in [-0.3, -0.25) is 0 Å². The molecule has 0 amide bonds. The normalized spacial score (nSPS) is 24.4. The second kappa shape index (κ2) is 7.72. The first-order valence-electron chi connectivity index (χ1n) is 8.61. The van der Waals surface area contributed by atoms with Crippen molar-refractivity contribution in [3.63, 3.8) is 0 Å². The number of ether oxygens (including phenoxy) is 2. The van der Waals surface area contributed by atoms with Crippen LogP contribution < -0.4 is 19.5 Å². The number of hydrogen-bond acceptors (Lipinski definition) is 5. The molecule has 0 radical (unpaired) electrons. The van der Waals surface area contributed by atoms with E-state index < -0.39 is 10.0 Å². The molecule has 134 valence electrons. The van der Waals surface area contributed by atoms with Crippen molar-refractivity contribution < 1.29 is 17.9 Å². The number of fused-ring (bicyclic) bond motifs is 1. The van der Waals surface area contributed by atoms with Crippen LogP contribution in [-0.4, -0.2) is 40.0 Å². The minimum absolute atomic E-state index is 0.0479. The first kappa shape index (κ1) is 17.5. The topological polar surface area (TPSA) is 76.7 Å². The number of rotatable bonds is 5. The number of hydrogen-bond donors (Lipinski definition) is 2. The minimum Gasteiger partial charge on any atom is -0.490 e. The van der Waals surface area contributed by atoms with Gasteiger partial charge in [0.15, 0.2) is 11.5 Å². The first-order chi connectivity index (χ1) is 11.5. The third-order valence-electron chi connectivity index (χ3n) is 4.54. The van der Waals surface area contributed by atoms with Gasteiger partial charge in [0.25, 0.3) is 0 Å². The fourth-order valence-electron chi connectivity index (χ4n) is 3.43. The van der Waals surface area contributed by atoms with Crippen LogP contribution in [0.2, 0.25) is 0 Å². The Bertz CT molecular complexity index is 663. The highest BCUT2D eigenvalue weighted by atomic mass is 32.2. The van der Waals surface area contributed by atoms with Crippen LogP contribution in [0, 0.1) is 0 Å². The van der Waals surface area contributed by atoms with Gasteiger partial charge in [-0.1, -0.05) is 25.0 Å². The van der Waals surface area contributed by atoms with Gasteiger partial charge in [0.2, 0.25) is 10.0 Å². The average molecular weight is 354 g/mol. The van der Waals surface area contributed by atoms with E-state index >= 15 is 0 Å². The van der Waals surface area contributed by atoms with E-state index in [0.29, 0.717) is 19.8 Å². The van der Waals surface area contributed by atoms with E-state index in [0.717, 1.165) is 49.2 Å². The van der Waals surface area contributed by atoms with Crippen molar-refractivity contribution in [3.8, 4) is 11.5 Å². The van der Waals surface area contributed by atoms with Crippen molar-refractivity contribution in [2.75, 3.05) is 19.5 Å². The standard InChI is InChI=1S/C17H26N2O4S/c1-24(20,21)19-15-8-3-2-7-14(15)18-12-13-6-4-9-16-17(13)23-11-5-10-22-16/h4,6,9,14-15,18-19H,2-3,5,7-8,10-12H2,1H3/t14-,15-/m0/s1. The Kier molecular flexibility index (Phi) is 5.63. The zero-order valence-corrected chi connectivity index (χ0v) is 14.9. The molecule has 0 saturated heterocycles. The molecule has 1 aliphatic heterocycles. The molecule has 6 nitrogen and oxygen atoms in total. The molecule has 2 aliphatic rings. The van der Waals surface area contributed by atoms with Crippen LogP contribution in [0.3, 0.4) is 0 Å². The highest BCUT2D eigenvalue weighted by Crippen LogP contribution is 2.33. The summed E-state index contributed by atoms with van der Waals surface area (Å²) in [6, 6.07) is 6.02. The molecule has 2 N–H and O–H groups in total. The summed E-state index contributed by atoms with van der Waals surface area (Å²) in [6.07, 6.45) is 6.12. The van der Waals surface area contributed by atoms with E-state index in [4.69, 9.17) is 9.47 Å². The first-order valence-corrected chi connectivity index (χ1v) is 10.5. The van der Waals surface area contributed by atoms with Crippen LogP contribution in [-0.2, 0) is 16.6 Å². The van der Waals surface area contributed by atoms with E-state index in [1.807, 2.05) is 18.2 Å². The molecule has 1 aromatic rings. The van der Waals surface area contributed by atoms with Crippen LogP contribution in [0.4, 0.5) is 0 Å². The average Bonchev–Trinajstić information content (AvgIpc) is 2.78. The van der Waals surface area contributed by atoms with Gasteiger partial charge >= 0.3 is 0 Å². The Morgan fingerprint density at radius 3 is 2.62 bits per heavy atom. The summed E-state index contributed by atoms with van der Waals surface area (Å²) in [5, 5.41) is 3.52. The summed E-state index contributed by atoms with van der Waals surface area (Å²) in [5.74, 6) is 1.60. The van der Waals surface area contributed by atoms with Crippen molar-refractivity contribution >= 4 is 10.0 Å². The maximum absolute atomic E-state index is 11.6. The molecular weight excluding hydrogens is 328 g/mol. The molecular formula is C17H26N2O4S. The summed E-state index contributed by atoms with van der Waals surface area (Å²) >= 11 is 0. The Hall–Kier alpha value is -1.31. The third-order valence-corrected chi connectivity index (χ3v) is 5.27. The van der Waals surface area contributed by atoms with Gasteiger partial charge in [-0.25, -0.2) is 13.1 Å². The number of sulfonamides is 1. The van der Waals surface area contributed by atoms with Crippen LogP contribution in [0.15, 0.2) is 18.2 Å². The second-order valence-electron chi connectivity index (χ2n) is 6.56. The number of para-hydroxylation sites is 1. The summed E-state index contributed by atoms with van der Waals surface area (Å²) in [7, 11) is -3.19. The molecule has 3 rings (SSSR count). The zero-order valence-electron chi connectivity index (χ0n) is 14.1. The monoisotopic (exact) mass is 354 g/mol. The zero-order chi connectivity index (χ0) is 17.0. The van der Waals surface area contributed by atoms with Crippen LogP contribution >= 0.6 is 0 Å². The predicted octanol–water partition coefficient (Wildman–Crippen LogP) is 1.80. The van der Waals surface area contributed by atoms with Crippen LogP contribution in [0.1, 0.15) is 37.7 Å². The Morgan fingerprint density at radius 2 is 1.83 bits per heavy atom. The SMILES string of the molecule is CS(=O)(=O)N[C@H]1CCCC[C@@H]1NCc1cccc2c1OCCCO2. The predicted molar refractivity (Wildman–Crippen MR) is 92.9 cm³/mol. The van der Waals surface area contributed by atoms with Crippen LogP contribution in [0.25, 0.3) is 0 Å². The molecule has 1 aliphatic carbocycles. The highest BCUT2D eigenvalue weighted by Gasteiger charge is 2.27. The molecule has 0 bridgehead atoms. The van der Waals surface area contributed by atoms with Crippen molar-refractivity contribution in [1.82, 2.24) is 10.0 Å². The highest BCUT2D eigenvalue weighted by molar-refractivity contribution is 7.88. The van der Waals surface area contributed by atoms with Gasteiger partial charge in [0.1, 0.15) is 0 Å². The lowest BCUT2D eigenvalue weighted by Gasteiger charge is -2.32. The molecule has 7 heteroatoms. The fourth-order valence-corrected chi connectivity index (χ4v) is 4.26. The largest absolute Gasteiger partial charge is 0.490 e. The molecule has 2 atom stereocenters. The second-order valence-corrected chi connectivity index (χ2v) is 8.34. The smallest absolute Gasteiger partial charge is 0.209 e. The molecule has 24 heavy (non-hydrogen) atoms. The molecule has 0 aromatic heterocycles. The number of benzene rings is 1. The van der Waals surface area contributed by atoms with Crippen molar-refractivity contribution in [2.45, 2.75) is 50.7 Å². The van der Waals surface area contributed by atoms with E-state index in [1.165, 1.54) is 6.26 Å². The van der Waals surface area contributed by atoms with E-state index in [-0.39, 0.29) is 12.1 Å². The lowest BCUT2D eigenvalue weighted by molar-refractivity contribution is 0.292. The lowest BCUT2D eigenvalue weighted by Crippen LogP contribution is -2.51. The number of nitrogens with one attached hydrogen (secondary N) is 2. The molecule has 1 aromatic carbocycles. The van der Waals surface area contributed by atoms with Gasteiger partial charge in [-0.2, -0.15) is 0 Å². The van der Waals surface area contributed by atoms with Crippen LogP contribution in [0.5, 0.6) is 11.5 Å². The van der Waals surface area contributed by atoms with Crippen molar-refractivity contribution in [3.05, 3.63) is 23.8 Å². The molecule has 1 fully saturated rings. The summed E-state index contributed by atoms with van der Waals surface area (Å²) in [4.78, 5) is 0. The summed E-state index contributed by atoms with van der Waals surface area (Å²) in [6.45, 7) is 1.97. The van der Waals surface area contributed by atoms with E-state index in [9.17, 15) is 8.42 Å². The van der Waals surface area contributed by atoms with Gasteiger partial charge in [-0.05, 0) is 18.9 Å². The van der Waals surface area contributed by atoms with Gasteiger partial charge in [-0.15, -0.1) is 0 Å². The van der Waals surface area contributed by atoms with Gasteiger partial charge < -0.3 is 14.8 Å². The molecule has 1 saturated carbocycles. The Balaban J connectivity index is 1.68. The molecule has 1 heterocycles. The van der Waals surface area contributed by atoms with Gasteiger partial charge in [0, 0.05) is 30.6 Å². The Labute approximate surface area is 144 Å². The third kappa shape index (κ3) is 4.62. The fraction of sp³-hybridized carbons (Fsp3) is 0.647. The quantitative estimate of drug-likeness (QED) is 0.843. The van der Waals surface area contributed by atoms with Gasteiger partial charge in [0.05, 0.1) is 19.5 Å². The minimum atomic E-state index is -3.19. The van der Waals surface area contributed by atoms with Crippen molar-refractivity contribution in [1.29, 1.82) is 0 Å². The summed E-state index contributed by atoms with van der Waals surface area (Å²) in [5.41, 5.74) is 1.05. The molecule has 0 spiro atoms. The maximum atomic E-state index is 11.6. The molecule has 0 unspecified atom stereocenters. The summed E-state index contributed by atoms with van der Waals surface area (Å²) < 4.78 is 37.5. The van der Waals surface area contributed by atoms with E-state index in [2.05, 4.69) is 10.0 Å². The van der Waals surface area contributed by atoms with E-state index in [1.54, 1.807) is 0 Å². The van der Waals surface area contributed by atoms with Crippen molar-refractivity contribution in [2.24, 2.45) is 0 Å².